The van der Waals surface area contributed by atoms with Crippen LogP contribution in [0.25, 0.3) is 0 Å². The summed E-state index contributed by atoms with van der Waals surface area (Å²) in [5.74, 6) is -0.128. The summed E-state index contributed by atoms with van der Waals surface area (Å²) in [6.45, 7) is 1.55. The molecule has 1 unspecified atom stereocenters. The average Bonchev–Trinajstić information content (AvgIpc) is 2.47. The summed E-state index contributed by atoms with van der Waals surface area (Å²) in [6.07, 6.45) is -0.819. The molecule has 0 aliphatic heterocycles. The Kier molecular flexibility index (Phi) is 4.95. The third-order valence-electron chi connectivity index (χ3n) is 2.80. The number of ether oxygens (including phenoxy) is 1. The van der Waals surface area contributed by atoms with E-state index in [0.29, 0.717) is 10.7 Å². The number of nitro groups is 1. The highest BCUT2D eigenvalue weighted by Crippen LogP contribution is 2.21. The maximum absolute atomic E-state index is 12.0. The van der Waals surface area contributed by atoms with E-state index in [1.165, 1.54) is 18.2 Å². The first kappa shape index (κ1) is 15.8. The average molecular weight is 321 g/mol. The molecule has 0 aromatic heterocycles. The molecule has 0 bridgehead atoms. The largest absolute Gasteiger partial charge is 0.481 e. The highest BCUT2D eigenvalue weighted by atomic mass is 35.5. The summed E-state index contributed by atoms with van der Waals surface area (Å²) < 4.78 is 5.42. The molecule has 0 saturated carbocycles. The monoisotopic (exact) mass is 320 g/mol. The molecule has 2 rings (SSSR count). The van der Waals surface area contributed by atoms with Crippen LogP contribution >= 0.6 is 11.6 Å². The Hall–Kier alpha value is -2.60. The van der Waals surface area contributed by atoms with Gasteiger partial charge in [0, 0.05) is 16.8 Å². The highest BCUT2D eigenvalue weighted by molar-refractivity contribution is 6.30. The van der Waals surface area contributed by atoms with Crippen molar-refractivity contribution >= 4 is 28.9 Å². The van der Waals surface area contributed by atoms with Gasteiger partial charge in [-0.2, -0.15) is 0 Å². The number of halogens is 1. The molecule has 7 heteroatoms. The fourth-order valence-electron chi connectivity index (χ4n) is 1.74. The van der Waals surface area contributed by atoms with Gasteiger partial charge in [0.25, 0.3) is 11.6 Å². The summed E-state index contributed by atoms with van der Waals surface area (Å²) in [5, 5.41) is 13.9. The molecule has 0 saturated heterocycles. The first-order chi connectivity index (χ1) is 10.5. The molecular weight excluding hydrogens is 308 g/mol. The van der Waals surface area contributed by atoms with E-state index in [-0.39, 0.29) is 17.3 Å². The van der Waals surface area contributed by atoms with Crippen LogP contribution in [0.3, 0.4) is 0 Å². The zero-order valence-electron chi connectivity index (χ0n) is 11.7. The lowest BCUT2D eigenvalue weighted by atomic mass is 10.3. The summed E-state index contributed by atoms with van der Waals surface area (Å²) in [5.41, 5.74) is 0.451. The summed E-state index contributed by atoms with van der Waals surface area (Å²) in [4.78, 5) is 22.2. The van der Waals surface area contributed by atoms with E-state index in [4.69, 9.17) is 16.3 Å². The number of rotatable bonds is 5. The summed E-state index contributed by atoms with van der Waals surface area (Å²) in [6, 6.07) is 12.4. The Morgan fingerprint density at radius 2 is 2.00 bits per heavy atom. The van der Waals surface area contributed by atoms with Crippen LogP contribution in [-0.2, 0) is 4.79 Å². The molecule has 2 aromatic carbocycles. The number of carbonyl (C=O) groups is 1. The van der Waals surface area contributed by atoms with Gasteiger partial charge in [0.15, 0.2) is 6.10 Å². The highest BCUT2D eigenvalue weighted by Gasteiger charge is 2.16. The number of nitrogens with one attached hydrogen (secondary N) is 1. The van der Waals surface area contributed by atoms with Crippen molar-refractivity contribution in [2.24, 2.45) is 0 Å². The van der Waals surface area contributed by atoms with Crippen LogP contribution < -0.4 is 10.1 Å². The van der Waals surface area contributed by atoms with Crippen LogP contribution in [0, 0.1) is 10.1 Å². The van der Waals surface area contributed by atoms with Gasteiger partial charge < -0.3 is 10.1 Å². The molecule has 0 aliphatic carbocycles. The van der Waals surface area contributed by atoms with Crippen molar-refractivity contribution in [3.63, 3.8) is 0 Å². The molecular formula is C15H13ClN2O4. The molecule has 0 spiro atoms. The maximum Gasteiger partial charge on any atom is 0.273 e. The third-order valence-corrected chi connectivity index (χ3v) is 3.04. The minimum atomic E-state index is -0.819. The lowest BCUT2D eigenvalue weighted by Crippen LogP contribution is -2.30. The second-order valence-corrected chi connectivity index (χ2v) is 4.95. The number of carbonyl (C=O) groups excluding carboxylic acids is 1. The fraction of sp³-hybridized carbons (Fsp3) is 0.133. The molecule has 0 aliphatic rings. The van der Waals surface area contributed by atoms with Crippen molar-refractivity contribution in [1.29, 1.82) is 0 Å². The Bertz CT molecular complexity index is 705. The smallest absolute Gasteiger partial charge is 0.273 e. The van der Waals surface area contributed by atoms with Gasteiger partial charge in [0.05, 0.1) is 11.0 Å². The molecule has 2 aromatic rings. The van der Waals surface area contributed by atoms with Gasteiger partial charge in [0.2, 0.25) is 0 Å². The Balaban J connectivity index is 2.02. The molecule has 0 heterocycles. The number of benzene rings is 2. The molecule has 114 valence electrons. The fourth-order valence-corrected chi connectivity index (χ4v) is 1.93. The minimum absolute atomic E-state index is 0.0973. The number of nitrogens with zero attached hydrogens (tertiary/aromatic N) is 1. The first-order valence-corrected chi connectivity index (χ1v) is 6.81. The minimum Gasteiger partial charge on any atom is -0.481 e. The Morgan fingerprint density at radius 1 is 1.27 bits per heavy atom. The molecule has 1 N–H and O–H groups in total. The zero-order valence-corrected chi connectivity index (χ0v) is 12.4. The van der Waals surface area contributed by atoms with E-state index in [1.54, 1.807) is 37.3 Å². The van der Waals surface area contributed by atoms with Gasteiger partial charge in [-0.05, 0) is 31.2 Å². The summed E-state index contributed by atoms with van der Waals surface area (Å²) >= 11 is 5.84. The van der Waals surface area contributed by atoms with Gasteiger partial charge in [-0.1, -0.05) is 23.7 Å². The van der Waals surface area contributed by atoms with Crippen molar-refractivity contribution in [1.82, 2.24) is 0 Å². The van der Waals surface area contributed by atoms with Crippen molar-refractivity contribution in [2.75, 3.05) is 5.32 Å². The van der Waals surface area contributed by atoms with E-state index < -0.39 is 11.0 Å². The lowest BCUT2D eigenvalue weighted by molar-refractivity contribution is -0.384. The second kappa shape index (κ2) is 6.91. The van der Waals surface area contributed by atoms with E-state index in [1.807, 2.05) is 0 Å². The van der Waals surface area contributed by atoms with Crippen molar-refractivity contribution in [2.45, 2.75) is 13.0 Å². The van der Waals surface area contributed by atoms with Crippen molar-refractivity contribution < 1.29 is 14.5 Å². The van der Waals surface area contributed by atoms with Gasteiger partial charge in [-0.25, -0.2) is 0 Å². The van der Waals surface area contributed by atoms with Gasteiger partial charge in [-0.3, -0.25) is 14.9 Å². The van der Waals surface area contributed by atoms with Crippen LogP contribution in [0.2, 0.25) is 5.02 Å². The number of hydrogen-bond acceptors (Lipinski definition) is 4. The van der Waals surface area contributed by atoms with Crippen LogP contribution in [0.1, 0.15) is 6.92 Å². The number of nitro benzene ring substituents is 1. The van der Waals surface area contributed by atoms with E-state index >= 15 is 0 Å². The molecule has 0 fully saturated rings. The van der Waals surface area contributed by atoms with Gasteiger partial charge >= 0.3 is 0 Å². The number of non-ortho nitro benzene ring substituents is 1. The topological polar surface area (TPSA) is 81.5 Å². The molecule has 22 heavy (non-hydrogen) atoms. The third kappa shape index (κ3) is 4.20. The van der Waals surface area contributed by atoms with Gasteiger partial charge in [0.1, 0.15) is 5.75 Å². The summed E-state index contributed by atoms with van der Waals surface area (Å²) in [7, 11) is 0. The SMILES string of the molecule is CC(Oc1cccc([N+](=O)[O-])c1)C(=O)Nc1cccc(Cl)c1. The number of amides is 1. The number of anilines is 1. The van der Waals surface area contributed by atoms with Crippen molar-refractivity contribution in [3.8, 4) is 5.75 Å². The Morgan fingerprint density at radius 3 is 2.68 bits per heavy atom. The Labute approximate surface area is 131 Å². The molecule has 0 radical (unpaired) electrons. The standard InChI is InChI=1S/C15H13ClN2O4/c1-10(15(19)17-12-5-2-4-11(16)8-12)22-14-7-3-6-13(9-14)18(20)21/h2-10H,1H3,(H,17,19). The van der Waals surface area contributed by atoms with Crippen molar-refractivity contribution in [3.05, 3.63) is 63.7 Å². The quantitative estimate of drug-likeness (QED) is 0.673. The van der Waals surface area contributed by atoms with Crippen LogP contribution in [0.5, 0.6) is 5.75 Å². The van der Waals surface area contributed by atoms with E-state index in [0.717, 1.165) is 0 Å². The number of hydrogen-bond donors (Lipinski definition) is 1. The molecule has 6 nitrogen and oxygen atoms in total. The van der Waals surface area contributed by atoms with Crippen LogP contribution in [-0.4, -0.2) is 16.9 Å². The maximum atomic E-state index is 12.0. The normalized spacial score (nSPS) is 11.5. The van der Waals surface area contributed by atoms with E-state index in [9.17, 15) is 14.9 Å². The molecule has 1 atom stereocenters. The second-order valence-electron chi connectivity index (χ2n) is 4.51. The molecule has 1 amide bonds. The predicted octanol–water partition coefficient (Wildman–Crippen LogP) is 3.65. The first-order valence-electron chi connectivity index (χ1n) is 6.43. The van der Waals surface area contributed by atoms with Crippen LogP contribution in [0.4, 0.5) is 11.4 Å². The van der Waals surface area contributed by atoms with Crippen LogP contribution in [0.15, 0.2) is 48.5 Å². The predicted molar refractivity (Wildman–Crippen MR) is 83.3 cm³/mol. The zero-order chi connectivity index (χ0) is 16.1. The lowest BCUT2D eigenvalue weighted by Gasteiger charge is -2.14. The van der Waals surface area contributed by atoms with E-state index in [2.05, 4.69) is 5.32 Å². The van der Waals surface area contributed by atoms with Gasteiger partial charge in [-0.15, -0.1) is 0 Å².